The average Bonchev–Trinajstić information content (AvgIpc) is 3.45. The van der Waals surface area contributed by atoms with Gasteiger partial charge in [-0.15, -0.1) is 13.2 Å². The van der Waals surface area contributed by atoms with Crippen molar-refractivity contribution in [1.29, 1.82) is 0 Å². The first-order valence-electron chi connectivity index (χ1n) is 19.7. The predicted octanol–water partition coefficient (Wildman–Crippen LogP) is 9.38. The average molecular weight is 807 g/mol. The molecule has 8 unspecified atom stereocenters. The number of hydrogen-bond donors (Lipinski definition) is 3. The molecular formula is C45H47F5N2O6. The van der Waals surface area contributed by atoms with Crippen LogP contribution in [-0.2, 0) is 6.54 Å². The molecule has 0 radical (unpaired) electrons. The van der Waals surface area contributed by atoms with Crippen LogP contribution in [0.25, 0.3) is 0 Å². The number of Topliss-reactive ketones (excluding diaryl/α,β-unsaturated/α-hetero) is 1. The first-order valence-corrected chi connectivity index (χ1v) is 19.7. The molecule has 8 atom stereocenters. The third kappa shape index (κ3) is 6.31. The second-order valence-corrected chi connectivity index (χ2v) is 17.5. The molecule has 308 valence electrons. The standard InChI is InChI=1S/C45H47F5N2O6/c1-40-17-14-30(53)23-42(40)20-21-44(33(24-42)38(54)28-6-13-34(46)35(47)22-28)36(40)15-18-41(2)37(44)16-19-43(41,56)26-52(39(55)51-29-7-11-31(57-3)12-8-29)25-27-4-9-32(10-5-27)58-45(48,49)50/h4-13,20-22,24,30,36-37,53,56H,14-19,23,25-26H2,1-3H3,(H,51,55). The summed E-state index contributed by atoms with van der Waals surface area (Å²) < 4.78 is 76.9. The van der Waals surface area contributed by atoms with Gasteiger partial charge in [-0.25, -0.2) is 13.6 Å². The molecular weight excluding hydrogens is 759 g/mol. The molecule has 3 N–H and O–H groups in total. The normalized spacial score (nSPS) is 33.3. The fourth-order valence-electron chi connectivity index (χ4n) is 11.8. The van der Waals surface area contributed by atoms with Gasteiger partial charge in [-0.3, -0.25) is 4.79 Å². The maximum absolute atomic E-state index is 14.7. The van der Waals surface area contributed by atoms with Crippen LogP contribution >= 0.6 is 0 Å². The summed E-state index contributed by atoms with van der Waals surface area (Å²) >= 11 is 0. The maximum atomic E-state index is 14.7. The van der Waals surface area contributed by atoms with Crippen molar-refractivity contribution < 1.29 is 51.2 Å². The number of alkyl halides is 3. The molecule has 6 aliphatic rings. The number of rotatable bonds is 9. The number of fused-ring (bicyclic) bond motifs is 1. The minimum absolute atomic E-state index is 0.0160. The lowest BCUT2D eigenvalue weighted by Crippen LogP contribution is -2.67. The van der Waals surface area contributed by atoms with Crippen LogP contribution in [0.5, 0.6) is 11.5 Å². The number of methoxy groups -OCH3 is 1. The van der Waals surface area contributed by atoms with E-state index in [2.05, 4.69) is 29.1 Å². The number of urea groups is 1. The Hall–Kier alpha value is -4.75. The number of halogens is 5. The maximum Gasteiger partial charge on any atom is 0.573 e. The van der Waals surface area contributed by atoms with E-state index in [9.17, 15) is 41.8 Å². The topological polar surface area (TPSA) is 108 Å². The van der Waals surface area contributed by atoms with E-state index < -0.39 is 63.5 Å². The van der Waals surface area contributed by atoms with Gasteiger partial charge < -0.3 is 29.9 Å². The van der Waals surface area contributed by atoms with Crippen molar-refractivity contribution in [3.63, 3.8) is 0 Å². The van der Waals surface area contributed by atoms with Crippen LogP contribution < -0.4 is 14.8 Å². The number of aliphatic hydroxyl groups excluding tert-OH is 1. The number of amides is 2. The first kappa shape index (κ1) is 40.0. The molecule has 0 saturated heterocycles. The summed E-state index contributed by atoms with van der Waals surface area (Å²) in [6.07, 6.45) is 4.46. The quantitative estimate of drug-likeness (QED) is 0.113. The summed E-state index contributed by atoms with van der Waals surface area (Å²) in [5, 5.41) is 26.9. The molecule has 3 fully saturated rings. The first-order chi connectivity index (χ1) is 27.4. The third-order valence-corrected chi connectivity index (χ3v) is 14.7. The number of nitrogens with zero attached hydrogens (tertiary/aromatic N) is 1. The van der Waals surface area contributed by atoms with Gasteiger partial charge in [0.1, 0.15) is 11.5 Å². The van der Waals surface area contributed by atoms with Crippen LogP contribution in [0, 0.1) is 45.1 Å². The van der Waals surface area contributed by atoms with Crippen molar-refractivity contribution >= 4 is 17.5 Å². The molecule has 0 aliphatic heterocycles. The summed E-state index contributed by atoms with van der Waals surface area (Å²) in [5.74, 6) is -2.83. The molecule has 2 spiro atoms. The Bertz CT molecular complexity index is 2180. The van der Waals surface area contributed by atoms with Crippen molar-refractivity contribution in [2.75, 3.05) is 19.0 Å². The number of carbonyl (C=O) groups excluding carboxylic acids is 2. The number of ketones is 1. The van der Waals surface area contributed by atoms with Gasteiger partial charge in [-0.2, -0.15) is 0 Å². The van der Waals surface area contributed by atoms with Crippen LogP contribution in [0.15, 0.2) is 90.5 Å². The molecule has 8 nitrogen and oxygen atoms in total. The van der Waals surface area contributed by atoms with Crippen molar-refractivity contribution in [2.24, 2.45) is 33.5 Å². The number of benzene rings is 3. The van der Waals surface area contributed by atoms with E-state index in [1.807, 2.05) is 13.0 Å². The molecule has 9 rings (SSSR count). The molecule has 58 heavy (non-hydrogen) atoms. The highest BCUT2D eigenvalue weighted by Crippen LogP contribution is 2.78. The summed E-state index contributed by atoms with van der Waals surface area (Å²) in [6, 6.07) is 14.5. The van der Waals surface area contributed by atoms with Gasteiger partial charge in [0.2, 0.25) is 0 Å². The number of carbonyl (C=O) groups is 2. The van der Waals surface area contributed by atoms with Crippen molar-refractivity contribution in [2.45, 2.75) is 83.4 Å². The number of aliphatic hydroxyl groups is 2. The number of ether oxygens (including phenoxy) is 2. The highest BCUT2D eigenvalue weighted by molar-refractivity contribution is 6.10. The van der Waals surface area contributed by atoms with Gasteiger partial charge in [-0.05, 0) is 122 Å². The largest absolute Gasteiger partial charge is 0.573 e. The van der Waals surface area contributed by atoms with E-state index in [0.29, 0.717) is 61.1 Å². The van der Waals surface area contributed by atoms with Gasteiger partial charge in [0, 0.05) is 39.6 Å². The Morgan fingerprint density at radius 2 is 1.52 bits per heavy atom. The summed E-state index contributed by atoms with van der Waals surface area (Å²) in [6.45, 7) is 4.04. The number of hydrogen-bond acceptors (Lipinski definition) is 6. The van der Waals surface area contributed by atoms with Gasteiger partial charge in [0.05, 0.1) is 25.4 Å². The zero-order valence-corrected chi connectivity index (χ0v) is 32.5. The highest BCUT2D eigenvalue weighted by atomic mass is 19.4. The lowest BCUT2D eigenvalue weighted by atomic mass is 9.32. The highest BCUT2D eigenvalue weighted by Gasteiger charge is 2.74. The fourth-order valence-corrected chi connectivity index (χ4v) is 11.8. The number of nitrogens with one attached hydrogen (secondary N) is 1. The van der Waals surface area contributed by atoms with Gasteiger partial charge in [0.15, 0.2) is 17.4 Å². The van der Waals surface area contributed by atoms with Gasteiger partial charge >= 0.3 is 12.4 Å². The Kier molecular flexibility index (Phi) is 9.62. The van der Waals surface area contributed by atoms with Crippen molar-refractivity contribution in [3.05, 3.63) is 113 Å². The monoisotopic (exact) mass is 806 g/mol. The van der Waals surface area contributed by atoms with E-state index in [0.717, 1.165) is 12.1 Å². The Balaban J connectivity index is 1.16. The van der Waals surface area contributed by atoms with Crippen LogP contribution in [-0.4, -0.2) is 58.6 Å². The van der Waals surface area contributed by atoms with Crippen LogP contribution in [0.1, 0.15) is 74.7 Å². The lowest BCUT2D eigenvalue weighted by Gasteiger charge is -2.71. The second-order valence-electron chi connectivity index (χ2n) is 17.5. The molecule has 2 amide bonds. The van der Waals surface area contributed by atoms with E-state index in [4.69, 9.17) is 4.74 Å². The summed E-state index contributed by atoms with van der Waals surface area (Å²) in [7, 11) is 1.52. The van der Waals surface area contributed by atoms with Crippen LogP contribution in [0.4, 0.5) is 32.4 Å². The minimum Gasteiger partial charge on any atom is -0.497 e. The van der Waals surface area contributed by atoms with E-state index >= 15 is 0 Å². The van der Waals surface area contributed by atoms with E-state index in [-0.39, 0.29) is 42.3 Å². The summed E-state index contributed by atoms with van der Waals surface area (Å²) in [5.41, 5.74) is -2.80. The molecule has 6 aliphatic carbocycles. The molecule has 3 saturated carbocycles. The van der Waals surface area contributed by atoms with E-state index in [1.54, 1.807) is 24.3 Å². The fraction of sp³-hybridized carbons (Fsp3) is 0.467. The molecule has 3 aromatic carbocycles. The predicted molar refractivity (Wildman–Crippen MR) is 205 cm³/mol. The molecule has 2 bridgehead atoms. The van der Waals surface area contributed by atoms with Crippen molar-refractivity contribution in [3.8, 4) is 11.5 Å². The van der Waals surface area contributed by atoms with Gasteiger partial charge in [0.25, 0.3) is 0 Å². The minimum atomic E-state index is -4.88. The Morgan fingerprint density at radius 3 is 2.19 bits per heavy atom. The molecule has 0 heterocycles. The number of allylic oxidation sites excluding steroid dienone is 4. The van der Waals surface area contributed by atoms with E-state index in [1.165, 1.54) is 42.3 Å². The van der Waals surface area contributed by atoms with Crippen LogP contribution in [0.2, 0.25) is 0 Å². The lowest BCUT2D eigenvalue weighted by molar-refractivity contribution is -0.274. The Morgan fingerprint density at radius 1 is 0.862 bits per heavy atom. The second kappa shape index (κ2) is 13.9. The van der Waals surface area contributed by atoms with Gasteiger partial charge in [-0.1, -0.05) is 44.2 Å². The van der Waals surface area contributed by atoms with Crippen molar-refractivity contribution in [1.82, 2.24) is 4.90 Å². The number of anilines is 1. The zero-order valence-electron chi connectivity index (χ0n) is 32.5. The van der Waals surface area contributed by atoms with Crippen LogP contribution in [0.3, 0.4) is 0 Å². The smallest absolute Gasteiger partial charge is 0.497 e. The SMILES string of the molecule is COc1ccc(NC(=O)N(Cc2ccc(OC(F)(F)F)cc2)CC2(O)CCC3C45C=CC6(C=C4C(=O)c4ccc(F)c(F)c4)CC(O)CCC6(C)C5CCC32C)cc1. The molecule has 13 heteroatoms. The Labute approximate surface area is 333 Å². The third-order valence-electron chi connectivity index (χ3n) is 14.7. The molecule has 3 aromatic rings. The zero-order chi connectivity index (χ0) is 41.5. The molecule has 0 aromatic heterocycles. The summed E-state index contributed by atoms with van der Waals surface area (Å²) in [4.78, 5) is 30.4.